The Balaban J connectivity index is 1.96. The fraction of sp³-hybridized carbons (Fsp3) is 1.00. The molecule has 0 aromatic heterocycles. The lowest BCUT2D eigenvalue weighted by atomic mass is 9.97. The van der Waals surface area contributed by atoms with Crippen LogP contribution in [0, 0.1) is 5.92 Å². The zero-order chi connectivity index (χ0) is 7.94. The molecule has 11 heavy (non-hydrogen) atoms. The Morgan fingerprint density at radius 1 is 1.45 bits per heavy atom. The van der Waals surface area contributed by atoms with Gasteiger partial charge in [-0.05, 0) is 25.2 Å². The van der Waals surface area contributed by atoms with Gasteiger partial charge in [-0.25, -0.2) is 5.48 Å². The highest BCUT2D eigenvalue weighted by Crippen LogP contribution is 2.17. The van der Waals surface area contributed by atoms with Gasteiger partial charge in [-0.1, -0.05) is 0 Å². The predicted octanol–water partition coefficient (Wildman–Crippen LogP) is 0.954. The minimum atomic E-state index is 0.839. The van der Waals surface area contributed by atoms with Crippen LogP contribution in [-0.2, 0) is 9.57 Å². The lowest BCUT2D eigenvalue weighted by Crippen LogP contribution is -2.21. The van der Waals surface area contributed by atoms with E-state index in [4.69, 9.17) is 9.57 Å². The summed E-state index contributed by atoms with van der Waals surface area (Å²) in [5.74, 6) is 0.839. The maximum atomic E-state index is 5.25. The first-order valence-corrected chi connectivity index (χ1v) is 4.27. The topological polar surface area (TPSA) is 30.5 Å². The van der Waals surface area contributed by atoms with E-state index in [9.17, 15) is 0 Å². The van der Waals surface area contributed by atoms with E-state index in [1.807, 2.05) is 0 Å². The van der Waals surface area contributed by atoms with Gasteiger partial charge >= 0.3 is 0 Å². The van der Waals surface area contributed by atoms with Crippen molar-refractivity contribution in [3.05, 3.63) is 0 Å². The summed E-state index contributed by atoms with van der Waals surface area (Å²) in [6.07, 6.45) is 3.63. The Hall–Kier alpha value is -0.120. The number of hydrogen-bond acceptors (Lipinski definition) is 3. The molecule has 0 saturated carbocycles. The van der Waals surface area contributed by atoms with Crippen molar-refractivity contribution in [2.24, 2.45) is 5.92 Å². The van der Waals surface area contributed by atoms with Gasteiger partial charge in [0.05, 0.1) is 7.11 Å². The van der Waals surface area contributed by atoms with Crippen molar-refractivity contribution in [1.82, 2.24) is 5.48 Å². The molecule has 0 atom stereocenters. The van der Waals surface area contributed by atoms with E-state index < -0.39 is 0 Å². The molecule has 0 bridgehead atoms. The Bertz CT molecular complexity index is 92.1. The van der Waals surface area contributed by atoms with Crippen molar-refractivity contribution in [2.75, 3.05) is 26.9 Å². The van der Waals surface area contributed by atoms with Crippen LogP contribution in [0.25, 0.3) is 0 Å². The molecule has 66 valence electrons. The van der Waals surface area contributed by atoms with Crippen LogP contribution in [0.1, 0.15) is 19.3 Å². The number of hydroxylamine groups is 1. The van der Waals surface area contributed by atoms with Crippen molar-refractivity contribution < 1.29 is 9.57 Å². The molecule has 1 fully saturated rings. The molecule has 1 aliphatic heterocycles. The van der Waals surface area contributed by atoms with Gasteiger partial charge < -0.3 is 9.57 Å². The molecule has 0 unspecified atom stereocenters. The van der Waals surface area contributed by atoms with Gasteiger partial charge in [0.1, 0.15) is 0 Å². The van der Waals surface area contributed by atoms with E-state index in [1.165, 1.54) is 19.3 Å². The highest BCUT2D eigenvalue weighted by Gasteiger charge is 2.12. The van der Waals surface area contributed by atoms with Crippen molar-refractivity contribution in [2.45, 2.75) is 19.3 Å². The summed E-state index contributed by atoms with van der Waals surface area (Å²) in [4.78, 5) is 4.75. The van der Waals surface area contributed by atoms with E-state index in [1.54, 1.807) is 7.11 Å². The SMILES string of the molecule is CONCCC1CCOCC1. The molecule has 3 heteroatoms. The molecule has 1 aliphatic rings. The first-order chi connectivity index (χ1) is 5.43. The summed E-state index contributed by atoms with van der Waals surface area (Å²) < 4.78 is 5.25. The molecule has 1 rings (SSSR count). The molecule has 0 radical (unpaired) electrons. The second-order valence-electron chi connectivity index (χ2n) is 2.94. The molecule has 0 aromatic carbocycles. The maximum absolute atomic E-state index is 5.25. The molecular weight excluding hydrogens is 142 g/mol. The number of rotatable bonds is 4. The Morgan fingerprint density at radius 3 is 2.82 bits per heavy atom. The summed E-state index contributed by atoms with van der Waals surface area (Å²) in [5.41, 5.74) is 2.85. The normalized spacial score (nSPS) is 20.5. The minimum Gasteiger partial charge on any atom is -0.381 e. The van der Waals surface area contributed by atoms with E-state index in [0.717, 1.165) is 25.7 Å². The van der Waals surface area contributed by atoms with Gasteiger partial charge in [0.25, 0.3) is 0 Å². The van der Waals surface area contributed by atoms with Crippen molar-refractivity contribution in [3.63, 3.8) is 0 Å². The number of ether oxygens (including phenoxy) is 1. The van der Waals surface area contributed by atoms with E-state index in [0.29, 0.717) is 0 Å². The second kappa shape index (κ2) is 5.52. The molecule has 0 aliphatic carbocycles. The van der Waals surface area contributed by atoms with Crippen LogP contribution in [0.2, 0.25) is 0 Å². The fourth-order valence-electron chi connectivity index (χ4n) is 1.40. The van der Waals surface area contributed by atoms with Gasteiger partial charge in [-0.15, -0.1) is 0 Å². The molecule has 0 aromatic rings. The zero-order valence-corrected chi connectivity index (χ0v) is 7.14. The molecule has 3 nitrogen and oxygen atoms in total. The van der Waals surface area contributed by atoms with Gasteiger partial charge in [-0.3, -0.25) is 0 Å². The highest BCUT2D eigenvalue weighted by molar-refractivity contribution is 4.63. The minimum absolute atomic E-state index is 0.839. The molecule has 1 N–H and O–H groups in total. The molecular formula is C8H17NO2. The molecule has 0 spiro atoms. The van der Waals surface area contributed by atoms with Crippen LogP contribution in [-0.4, -0.2) is 26.9 Å². The first-order valence-electron chi connectivity index (χ1n) is 4.27. The Morgan fingerprint density at radius 2 is 2.18 bits per heavy atom. The first kappa shape index (κ1) is 8.97. The highest BCUT2D eigenvalue weighted by atomic mass is 16.6. The van der Waals surface area contributed by atoms with Crippen LogP contribution in [0.15, 0.2) is 0 Å². The van der Waals surface area contributed by atoms with Crippen molar-refractivity contribution >= 4 is 0 Å². The Labute approximate surface area is 68.0 Å². The third kappa shape index (κ3) is 3.70. The van der Waals surface area contributed by atoms with Crippen LogP contribution in [0.3, 0.4) is 0 Å². The average molecular weight is 159 g/mol. The zero-order valence-electron chi connectivity index (χ0n) is 7.14. The van der Waals surface area contributed by atoms with Gasteiger partial charge in [0, 0.05) is 19.8 Å². The number of hydrogen-bond donors (Lipinski definition) is 1. The second-order valence-corrected chi connectivity index (χ2v) is 2.94. The Kier molecular flexibility index (Phi) is 4.50. The summed E-state index contributed by atoms with van der Waals surface area (Å²) in [7, 11) is 1.66. The summed E-state index contributed by atoms with van der Waals surface area (Å²) in [5, 5.41) is 0. The predicted molar refractivity (Wildman–Crippen MR) is 43.2 cm³/mol. The van der Waals surface area contributed by atoms with Crippen molar-refractivity contribution in [3.8, 4) is 0 Å². The number of nitrogens with one attached hydrogen (secondary N) is 1. The summed E-state index contributed by atoms with van der Waals surface area (Å²) in [6, 6.07) is 0. The third-order valence-corrected chi connectivity index (χ3v) is 2.14. The smallest absolute Gasteiger partial charge is 0.0572 e. The lowest BCUT2D eigenvalue weighted by molar-refractivity contribution is 0.0508. The average Bonchev–Trinajstić information content (AvgIpc) is 2.07. The van der Waals surface area contributed by atoms with Gasteiger partial charge in [0.2, 0.25) is 0 Å². The van der Waals surface area contributed by atoms with Crippen molar-refractivity contribution in [1.29, 1.82) is 0 Å². The van der Waals surface area contributed by atoms with Crippen LogP contribution < -0.4 is 5.48 Å². The van der Waals surface area contributed by atoms with E-state index >= 15 is 0 Å². The monoisotopic (exact) mass is 159 g/mol. The van der Waals surface area contributed by atoms with Crippen LogP contribution in [0.5, 0.6) is 0 Å². The maximum Gasteiger partial charge on any atom is 0.0572 e. The van der Waals surface area contributed by atoms with Gasteiger partial charge in [-0.2, -0.15) is 0 Å². The van der Waals surface area contributed by atoms with E-state index in [-0.39, 0.29) is 0 Å². The molecule has 0 amide bonds. The lowest BCUT2D eigenvalue weighted by Gasteiger charge is -2.21. The molecule has 1 heterocycles. The van der Waals surface area contributed by atoms with E-state index in [2.05, 4.69) is 5.48 Å². The summed E-state index contributed by atoms with van der Waals surface area (Å²) >= 11 is 0. The third-order valence-electron chi connectivity index (χ3n) is 2.14. The fourth-order valence-corrected chi connectivity index (χ4v) is 1.40. The van der Waals surface area contributed by atoms with Crippen LogP contribution in [0.4, 0.5) is 0 Å². The standard InChI is InChI=1S/C8H17NO2/c1-10-9-5-2-8-3-6-11-7-4-8/h8-9H,2-7H2,1H3. The largest absolute Gasteiger partial charge is 0.381 e. The molecule has 1 saturated heterocycles. The quantitative estimate of drug-likeness (QED) is 0.489. The van der Waals surface area contributed by atoms with Crippen LogP contribution >= 0.6 is 0 Å². The summed E-state index contributed by atoms with van der Waals surface area (Å²) in [6.45, 7) is 2.84. The van der Waals surface area contributed by atoms with Gasteiger partial charge in [0.15, 0.2) is 0 Å².